The van der Waals surface area contributed by atoms with Crippen molar-refractivity contribution >= 4 is 12.4 Å². The van der Waals surface area contributed by atoms with Crippen LogP contribution in [0.1, 0.15) is 43.2 Å². The maximum Gasteiger partial charge on any atom is 0.407 e. The number of amides is 1. The molecule has 1 aromatic rings. The molecular formula is C14H20N2O4. The van der Waals surface area contributed by atoms with Gasteiger partial charge < -0.3 is 15.2 Å². The number of nitrogens with one attached hydrogen (secondary N) is 1. The number of ether oxygens (including phenoxy) is 1. The van der Waals surface area contributed by atoms with Crippen molar-refractivity contribution in [2.24, 2.45) is 0 Å². The molecule has 0 saturated heterocycles. The number of pyridine rings is 1. The predicted octanol–water partition coefficient (Wildman–Crippen LogP) is 2.06. The fourth-order valence-electron chi connectivity index (χ4n) is 1.55. The molecule has 0 fully saturated rings. The Balaban J connectivity index is 2.39. The van der Waals surface area contributed by atoms with Gasteiger partial charge in [-0.2, -0.15) is 0 Å². The smallest absolute Gasteiger partial charge is 0.407 e. The summed E-state index contributed by atoms with van der Waals surface area (Å²) in [6, 6.07) is 1.45. The molecule has 0 atom stereocenters. The number of aryl methyl sites for hydroxylation is 1. The lowest BCUT2D eigenvalue weighted by molar-refractivity contribution is 0.0527. The van der Waals surface area contributed by atoms with E-state index in [2.05, 4.69) is 10.3 Å². The van der Waals surface area contributed by atoms with E-state index < -0.39 is 11.7 Å². The summed E-state index contributed by atoms with van der Waals surface area (Å²) >= 11 is 0. The van der Waals surface area contributed by atoms with E-state index in [0.29, 0.717) is 31.4 Å². The Kier molecular flexibility index (Phi) is 5.49. The number of aromatic nitrogens is 1. The van der Waals surface area contributed by atoms with Crippen LogP contribution < -0.4 is 5.32 Å². The molecule has 0 aliphatic carbocycles. The van der Waals surface area contributed by atoms with Crippen molar-refractivity contribution < 1.29 is 19.4 Å². The Labute approximate surface area is 118 Å². The van der Waals surface area contributed by atoms with Gasteiger partial charge >= 0.3 is 6.09 Å². The Morgan fingerprint density at radius 2 is 2.20 bits per heavy atom. The third kappa shape index (κ3) is 5.26. The molecule has 0 aromatic carbocycles. The highest BCUT2D eigenvalue weighted by atomic mass is 16.6. The molecule has 110 valence electrons. The minimum absolute atomic E-state index is 0.0974. The quantitative estimate of drug-likeness (QED) is 0.636. The fraction of sp³-hybridized carbons (Fsp3) is 0.500. The number of aromatic hydroxyl groups is 1. The van der Waals surface area contributed by atoms with Gasteiger partial charge in [0.2, 0.25) is 0 Å². The van der Waals surface area contributed by atoms with Gasteiger partial charge in [-0.1, -0.05) is 0 Å². The molecule has 1 rings (SSSR count). The molecule has 1 heterocycles. The molecule has 0 saturated carbocycles. The zero-order valence-electron chi connectivity index (χ0n) is 12.0. The molecule has 0 unspecified atom stereocenters. The number of hydrogen-bond acceptors (Lipinski definition) is 5. The van der Waals surface area contributed by atoms with Crippen LogP contribution in [0, 0.1) is 0 Å². The first-order valence-corrected chi connectivity index (χ1v) is 6.42. The highest BCUT2D eigenvalue weighted by Crippen LogP contribution is 2.19. The summed E-state index contributed by atoms with van der Waals surface area (Å²) in [7, 11) is 0. The first-order chi connectivity index (χ1) is 9.33. The summed E-state index contributed by atoms with van der Waals surface area (Å²) in [6.45, 7) is 5.78. The van der Waals surface area contributed by atoms with Gasteiger partial charge in [-0.25, -0.2) is 4.79 Å². The van der Waals surface area contributed by atoms with Crippen molar-refractivity contribution in [2.75, 3.05) is 6.54 Å². The summed E-state index contributed by atoms with van der Waals surface area (Å²) in [5, 5.41) is 12.4. The first-order valence-electron chi connectivity index (χ1n) is 6.42. The van der Waals surface area contributed by atoms with E-state index in [4.69, 9.17) is 4.74 Å². The number of hydrogen-bond donors (Lipinski definition) is 2. The average Bonchev–Trinajstić information content (AvgIpc) is 2.34. The highest BCUT2D eigenvalue weighted by Gasteiger charge is 2.15. The van der Waals surface area contributed by atoms with Crippen molar-refractivity contribution in [3.8, 4) is 5.75 Å². The molecule has 6 nitrogen and oxygen atoms in total. The van der Waals surface area contributed by atoms with Crippen molar-refractivity contribution in [1.29, 1.82) is 0 Å². The Bertz CT molecular complexity index is 481. The molecule has 20 heavy (non-hydrogen) atoms. The molecule has 0 aliphatic rings. The Morgan fingerprint density at radius 1 is 1.50 bits per heavy atom. The maximum atomic E-state index is 11.4. The zero-order valence-corrected chi connectivity index (χ0v) is 12.0. The van der Waals surface area contributed by atoms with E-state index in [1.54, 1.807) is 20.8 Å². The second-order valence-electron chi connectivity index (χ2n) is 5.35. The number of nitrogens with zero attached hydrogens (tertiary/aromatic N) is 1. The summed E-state index contributed by atoms with van der Waals surface area (Å²) in [5.74, 6) is -0.0974. The largest absolute Gasteiger partial charge is 0.505 e. The van der Waals surface area contributed by atoms with Crippen LogP contribution in [0.15, 0.2) is 12.3 Å². The number of carbonyl (C=O) groups is 2. The van der Waals surface area contributed by atoms with Gasteiger partial charge in [0, 0.05) is 12.7 Å². The predicted molar refractivity (Wildman–Crippen MR) is 73.8 cm³/mol. The number of rotatable bonds is 5. The molecule has 0 aliphatic heterocycles. The van der Waals surface area contributed by atoms with Gasteiger partial charge in [-0.3, -0.25) is 9.78 Å². The lowest BCUT2D eigenvalue weighted by Gasteiger charge is -2.19. The molecule has 2 N–H and O–H groups in total. The van der Waals surface area contributed by atoms with E-state index in [-0.39, 0.29) is 11.3 Å². The zero-order chi connectivity index (χ0) is 15.2. The Morgan fingerprint density at radius 3 is 2.80 bits per heavy atom. The summed E-state index contributed by atoms with van der Waals surface area (Å²) in [5.41, 5.74) is 0.137. The third-order valence-corrected chi connectivity index (χ3v) is 2.42. The van der Waals surface area contributed by atoms with Gasteiger partial charge in [0.05, 0.1) is 11.3 Å². The van der Waals surface area contributed by atoms with E-state index in [0.717, 1.165) is 0 Å². The van der Waals surface area contributed by atoms with Crippen LogP contribution in [0.25, 0.3) is 0 Å². The lowest BCUT2D eigenvalue weighted by atomic mass is 10.1. The normalized spacial score (nSPS) is 10.9. The van der Waals surface area contributed by atoms with Crippen LogP contribution in [0.5, 0.6) is 5.75 Å². The molecule has 0 spiro atoms. The van der Waals surface area contributed by atoms with Crippen LogP contribution in [0.4, 0.5) is 4.79 Å². The summed E-state index contributed by atoms with van der Waals surface area (Å²) < 4.78 is 5.09. The third-order valence-electron chi connectivity index (χ3n) is 2.42. The molecule has 1 aromatic heterocycles. The number of alkyl carbamates (subject to hydrolysis) is 1. The second kappa shape index (κ2) is 6.88. The molecule has 1 amide bonds. The molecule has 0 bridgehead atoms. The average molecular weight is 280 g/mol. The van der Waals surface area contributed by atoms with E-state index in [1.165, 1.54) is 12.3 Å². The van der Waals surface area contributed by atoms with Crippen molar-refractivity contribution in [2.45, 2.75) is 39.2 Å². The Hall–Kier alpha value is -2.11. The van der Waals surface area contributed by atoms with Gasteiger partial charge in [0.1, 0.15) is 11.4 Å². The van der Waals surface area contributed by atoms with Crippen molar-refractivity contribution in [1.82, 2.24) is 10.3 Å². The van der Waals surface area contributed by atoms with Crippen LogP contribution in [-0.4, -0.2) is 34.6 Å². The van der Waals surface area contributed by atoms with Crippen LogP contribution in [0.2, 0.25) is 0 Å². The topological polar surface area (TPSA) is 88.5 Å². The lowest BCUT2D eigenvalue weighted by Crippen LogP contribution is -2.33. The van der Waals surface area contributed by atoms with Crippen LogP contribution in [0.3, 0.4) is 0 Å². The molecular weight excluding hydrogens is 260 g/mol. The van der Waals surface area contributed by atoms with Crippen LogP contribution in [-0.2, 0) is 11.2 Å². The van der Waals surface area contributed by atoms with Crippen LogP contribution >= 0.6 is 0 Å². The van der Waals surface area contributed by atoms with Gasteiger partial charge in [-0.15, -0.1) is 0 Å². The second-order valence-corrected chi connectivity index (χ2v) is 5.35. The highest BCUT2D eigenvalue weighted by molar-refractivity contribution is 5.79. The monoisotopic (exact) mass is 280 g/mol. The minimum atomic E-state index is -0.526. The first kappa shape index (κ1) is 15.9. The number of aldehydes is 1. The van der Waals surface area contributed by atoms with Gasteiger partial charge in [-0.05, 0) is 39.7 Å². The fourth-order valence-corrected chi connectivity index (χ4v) is 1.55. The van der Waals surface area contributed by atoms with Crippen molar-refractivity contribution in [3.05, 3.63) is 23.5 Å². The summed E-state index contributed by atoms with van der Waals surface area (Å²) in [6.07, 6.45) is 2.63. The van der Waals surface area contributed by atoms with E-state index in [1.807, 2.05) is 0 Å². The SMILES string of the molecule is CC(C)(C)OC(=O)NCCCc1nccc(C=O)c1O. The van der Waals surface area contributed by atoms with Gasteiger partial charge in [0.25, 0.3) is 0 Å². The van der Waals surface area contributed by atoms with E-state index in [9.17, 15) is 14.7 Å². The standard InChI is InChI=1S/C14H20N2O4/c1-14(2,3)20-13(19)16-7-4-5-11-12(18)10(9-17)6-8-15-11/h6,8-9,18H,4-5,7H2,1-3H3,(H,16,19). The van der Waals surface area contributed by atoms with Crippen molar-refractivity contribution in [3.63, 3.8) is 0 Å². The molecule has 6 heteroatoms. The summed E-state index contributed by atoms with van der Waals surface area (Å²) in [4.78, 5) is 26.1. The van der Waals surface area contributed by atoms with Gasteiger partial charge in [0.15, 0.2) is 6.29 Å². The minimum Gasteiger partial charge on any atom is -0.505 e. The maximum absolute atomic E-state index is 11.4. The van der Waals surface area contributed by atoms with E-state index >= 15 is 0 Å². The molecule has 0 radical (unpaired) electrons. The number of carbonyl (C=O) groups excluding carboxylic acids is 2.